The van der Waals surface area contributed by atoms with Gasteiger partial charge in [-0.1, -0.05) is 13.0 Å². The van der Waals surface area contributed by atoms with Crippen LogP contribution in [-0.2, 0) is 0 Å². The zero-order valence-electron chi connectivity index (χ0n) is 10.5. The second kappa shape index (κ2) is 5.20. The first-order chi connectivity index (χ1) is 8.26. The minimum atomic E-state index is 0.545. The molecule has 0 spiro atoms. The molecule has 0 unspecified atom stereocenters. The number of hydrogen-bond acceptors (Lipinski definition) is 3. The Hall–Kier alpha value is -1.53. The Labute approximate surface area is 103 Å². The van der Waals surface area contributed by atoms with Crippen molar-refractivity contribution in [3.8, 4) is 6.07 Å². The number of nitrogens with zero attached hydrogens (tertiary/aromatic N) is 2. The van der Waals surface area contributed by atoms with E-state index in [2.05, 4.69) is 36.2 Å². The number of aryl methyl sites for hydroxylation is 1. The smallest absolute Gasteiger partial charge is 0.101 e. The molecule has 1 saturated heterocycles. The Morgan fingerprint density at radius 2 is 2.24 bits per heavy atom. The molecule has 0 saturated carbocycles. The molecule has 3 nitrogen and oxygen atoms in total. The summed E-state index contributed by atoms with van der Waals surface area (Å²) in [4.78, 5) is 2.38. The molecule has 1 heterocycles. The summed E-state index contributed by atoms with van der Waals surface area (Å²) in [6.45, 7) is 7.33. The Morgan fingerprint density at radius 1 is 1.47 bits per heavy atom. The van der Waals surface area contributed by atoms with Gasteiger partial charge >= 0.3 is 0 Å². The van der Waals surface area contributed by atoms with Gasteiger partial charge in [0.2, 0.25) is 0 Å². The lowest BCUT2D eigenvalue weighted by atomic mass is 10.0. The number of hydrogen-bond donors (Lipinski definition) is 1. The number of nitrogens with one attached hydrogen (secondary N) is 1. The van der Waals surface area contributed by atoms with Crippen LogP contribution in [-0.4, -0.2) is 25.7 Å². The van der Waals surface area contributed by atoms with E-state index in [1.807, 2.05) is 12.1 Å². The van der Waals surface area contributed by atoms with Crippen molar-refractivity contribution in [2.75, 3.05) is 24.5 Å². The van der Waals surface area contributed by atoms with Gasteiger partial charge in [0.05, 0.1) is 17.3 Å². The first kappa shape index (κ1) is 11.9. The highest BCUT2D eigenvalue weighted by Gasteiger charge is 2.25. The van der Waals surface area contributed by atoms with Gasteiger partial charge in [-0.25, -0.2) is 0 Å². The van der Waals surface area contributed by atoms with Gasteiger partial charge in [0.15, 0.2) is 0 Å². The fraction of sp³-hybridized carbons (Fsp3) is 0.500. The van der Waals surface area contributed by atoms with Crippen LogP contribution in [0.4, 0.5) is 5.69 Å². The van der Waals surface area contributed by atoms with Crippen LogP contribution in [0, 0.1) is 18.3 Å². The molecule has 1 aliphatic rings. The van der Waals surface area contributed by atoms with Crippen molar-refractivity contribution in [2.45, 2.75) is 26.3 Å². The molecule has 1 N–H and O–H groups in total. The minimum absolute atomic E-state index is 0.545. The molecule has 3 heteroatoms. The normalized spacial score (nSPS) is 15.1. The van der Waals surface area contributed by atoms with Crippen LogP contribution in [0.2, 0.25) is 0 Å². The van der Waals surface area contributed by atoms with Crippen LogP contribution in [0.3, 0.4) is 0 Å². The molecule has 0 atom stereocenters. The molecule has 0 amide bonds. The molecule has 1 aromatic rings. The van der Waals surface area contributed by atoms with Crippen molar-refractivity contribution in [1.82, 2.24) is 5.32 Å². The number of benzene rings is 1. The van der Waals surface area contributed by atoms with Crippen molar-refractivity contribution in [3.63, 3.8) is 0 Å². The van der Waals surface area contributed by atoms with Crippen molar-refractivity contribution < 1.29 is 0 Å². The predicted octanol–water partition coefficient (Wildman–Crippen LogP) is 2.05. The summed E-state index contributed by atoms with van der Waals surface area (Å²) >= 11 is 0. The van der Waals surface area contributed by atoms with E-state index in [1.165, 1.54) is 5.56 Å². The second-order valence-corrected chi connectivity index (χ2v) is 4.64. The van der Waals surface area contributed by atoms with E-state index in [0.717, 1.165) is 37.3 Å². The molecule has 0 bridgehead atoms. The van der Waals surface area contributed by atoms with Crippen LogP contribution in [0.1, 0.15) is 24.5 Å². The van der Waals surface area contributed by atoms with Gasteiger partial charge in [-0.05, 0) is 31.0 Å². The number of anilines is 1. The van der Waals surface area contributed by atoms with E-state index in [-0.39, 0.29) is 0 Å². The lowest BCUT2D eigenvalue weighted by molar-refractivity contribution is 0.412. The van der Waals surface area contributed by atoms with E-state index in [0.29, 0.717) is 6.04 Å². The molecule has 1 fully saturated rings. The minimum Gasteiger partial charge on any atom is -0.365 e. The van der Waals surface area contributed by atoms with E-state index >= 15 is 0 Å². The van der Waals surface area contributed by atoms with E-state index in [4.69, 9.17) is 0 Å². The lowest BCUT2D eigenvalue weighted by Gasteiger charge is -2.40. The predicted molar refractivity (Wildman–Crippen MR) is 70.2 cm³/mol. The molecule has 17 heavy (non-hydrogen) atoms. The molecule has 1 aromatic carbocycles. The van der Waals surface area contributed by atoms with Gasteiger partial charge in [-0.15, -0.1) is 0 Å². The first-order valence-electron chi connectivity index (χ1n) is 6.24. The van der Waals surface area contributed by atoms with Crippen LogP contribution < -0.4 is 10.2 Å². The average Bonchev–Trinajstić information content (AvgIpc) is 2.26. The van der Waals surface area contributed by atoms with Gasteiger partial charge in [-0.2, -0.15) is 5.26 Å². The lowest BCUT2D eigenvalue weighted by Crippen LogP contribution is -2.57. The third-order valence-electron chi connectivity index (χ3n) is 3.25. The highest BCUT2D eigenvalue weighted by atomic mass is 15.2. The van der Waals surface area contributed by atoms with Crippen LogP contribution in [0.15, 0.2) is 18.2 Å². The maximum absolute atomic E-state index is 9.21. The van der Waals surface area contributed by atoms with Crippen molar-refractivity contribution in [1.29, 1.82) is 5.26 Å². The van der Waals surface area contributed by atoms with Gasteiger partial charge < -0.3 is 10.2 Å². The van der Waals surface area contributed by atoms with E-state index in [9.17, 15) is 5.26 Å². The van der Waals surface area contributed by atoms with Gasteiger partial charge in [0.25, 0.3) is 0 Å². The molecule has 0 aromatic heterocycles. The second-order valence-electron chi connectivity index (χ2n) is 4.64. The van der Waals surface area contributed by atoms with Crippen LogP contribution in [0.25, 0.3) is 0 Å². The fourth-order valence-electron chi connectivity index (χ4n) is 2.21. The summed E-state index contributed by atoms with van der Waals surface area (Å²) < 4.78 is 0. The molecule has 2 rings (SSSR count). The summed E-state index contributed by atoms with van der Waals surface area (Å²) in [6, 6.07) is 8.91. The fourth-order valence-corrected chi connectivity index (χ4v) is 2.21. The third-order valence-corrected chi connectivity index (χ3v) is 3.25. The SMILES string of the molecule is CCCN(c1cc(C)ccc1C#N)C1CNC1. The molecular formula is C14H19N3. The number of nitriles is 1. The van der Waals surface area contributed by atoms with E-state index in [1.54, 1.807) is 0 Å². The largest absolute Gasteiger partial charge is 0.365 e. The Balaban J connectivity index is 2.33. The highest BCUT2D eigenvalue weighted by Crippen LogP contribution is 2.25. The van der Waals surface area contributed by atoms with Gasteiger partial charge in [0, 0.05) is 19.6 Å². The van der Waals surface area contributed by atoms with Gasteiger partial charge in [0.1, 0.15) is 6.07 Å². The summed E-state index contributed by atoms with van der Waals surface area (Å²) in [7, 11) is 0. The summed E-state index contributed by atoms with van der Waals surface area (Å²) in [5, 5.41) is 12.5. The molecule has 0 radical (unpaired) electrons. The van der Waals surface area contributed by atoms with Crippen LogP contribution >= 0.6 is 0 Å². The van der Waals surface area contributed by atoms with E-state index < -0.39 is 0 Å². The zero-order chi connectivity index (χ0) is 12.3. The molecular weight excluding hydrogens is 210 g/mol. The van der Waals surface area contributed by atoms with Gasteiger partial charge in [-0.3, -0.25) is 0 Å². The summed E-state index contributed by atoms with van der Waals surface area (Å²) in [5.74, 6) is 0. The van der Waals surface area contributed by atoms with Crippen molar-refractivity contribution in [3.05, 3.63) is 29.3 Å². The monoisotopic (exact) mass is 229 g/mol. The summed E-state index contributed by atoms with van der Waals surface area (Å²) in [6.07, 6.45) is 1.11. The van der Waals surface area contributed by atoms with Crippen molar-refractivity contribution in [2.24, 2.45) is 0 Å². The third kappa shape index (κ3) is 2.42. The number of rotatable bonds is 4. The average molecular weight is 229 g/mol. The Morgan fingerprint density at radius 3 is 2.76 bits per heavy atom. The zero-order valence-corrected chi connectivity index (χ0v) is 10.5. The Bertz CT molecular complexity index is 430. The van der Waals surface area contributed by atoms with Crippen molar-refractivity contribution >= 4 is 5.69 Å². The summed E-state index contributed by atoms with van der Waals surface area (Å²) in [5.41, 5.74) is 3.10. The van der Waals surface area contributed by atoms with Crippen LogP contribution in [0.5, 0.6) is 0 Å². The highest BCUT2D eigenvalue weighted by molar-refractivity contribution is 5.61. The first-order valence-corrected chi connectivity index (χ1v) is 6.24. The topological polar surface area (TPSA) is 39.1 Å². The molecule has 1 aliphatic heterocycles. The standard InChI is InChI=1S/C14H19N3/c1-3-6-17(13-9-16-10-13)14-7-11(2)4-5-12(14)8-15/h4-5,7,13,16H,3,6,9-10H2,1-2H3. The maximum Gasteiger partial charge on any atom is 0.101 e. The Kier molecular flexibility index (Phi) is 3.65. The molecule has 90 valence electrons. The molecule has 0 aliphatic carbocycles. The quantitative estimate of drug-likeness (QED) is 0.859. The maximum atomic E-state index is 9.21.